The summed E-state index contributed by atoms with van der Waals surface area (Å²) in [4.78, 5) is 11.4. The number of hydrogen-bond acceptors (Lipinski definition) is 3. The SMILES string of the molecule is COc1ccccc1CCN1NCCC1=O. The molecule has 4 heteroatoms. The van der Waals surface area contributed by atoms with Gasteiger partial charge < -0.3 is 4.74 Å². The lowest BCUT2D eigenvalue weighted by Gasteiger charge is -2.16. The van der Waals surface area contributed by atoms with E-state index in [4.69, 9.17) is 4.74 Å². The number of ether oxygens (including phenoxy) is 1. The van der Waals surface area contributed by atoms with Crippen LogP contribution in [0.4, 0.5) is 0 Å². The summed E-state index contributed by atoms with van der Waals surface area (Å²) in [5, 5.41) is 1.69. The van der Waals surface area contributed by atoms with Crippen molar-refractivity contribution < 1.29 is 9.53 Å². The van der Waals surface area contributed by atoms with E-state index in [1.807, 2.05) is 24.3 Å². The maximum atomic E-state index is 11.4. The molecule has 0 atom stereocenters. The van der Waals surface area contributed by atoms with Gasteiger partial charge >= 0.3 is 0 Å². The van der Waals surface area contributed by atoms with Gasteiger partial charge in [-0.2, -0.15) is 0 Å². The number of hydrogen-bond donors (Lipinski definition) is 1. The van der Waals surface area contributed by atoms with E-state index in [9.17, 15) is 4.79 Å². The second-order valence-corrected chi connectivity index (χ2v) is 3.77. The van der Waals surface area contributed by atoms with E-state index < -0.39 is 0 Å². The van der Waals surface area contributed by atoms with Crippen molar-refractivity contribution in [3.63, 3.8) is 0 Å². The minimum Gasteiger partial charge on any atom is -0.496 e. The molecule has 86 valence electrons. The zero-order valence-corrected chi connectivity index (χ0v) is 9.40. The van der Waals surface area contributed by atoms with Gasteiger partial charge in [0.1, 0.15) is 5.75 Å². The smallest absolute Gasteiger partial charge is 0.238 e. The lowest BCUT2D eigenvalue weighted by molar-refractivity contribution is -0.129. The Morgan fingerprint density at radius 1 is 1.44 bits per heavy atom. The van der Waals surface area contributed by atoms with Crippen molar-refractivity contribution in [3.05, 3.63) is 29.8 Å². The van der Waals surface area contributed by atoms with Crippen molar-refractivity contribution in [1.82, 2.24) is 10.4 Å². The summed E-state index contributed by atoms with van der Waals surface area (Å²) in [6, 6.07) is 7.90. The number of amides is 1. The monoisotopic (exact) mass is 220 g/mol. The van der Waals surface area contributed by atoms with Crippen LogP contribution in [0.3, 0.4) is 0 Å². The maximum absolute atomic E-state index is 11.4. The number of carbonyl (C=O) groups is 1. The van der Waals surface area contributed by atoms with Crippen molar-refractivity contribution in [1.29, 1.82) is 0 Å². The van der Waals surface area contributed by atoms with E-state index in [2.05, 4.69) is 5.43 Å². The zero-order valence-electron chi connectivity index (χ0n) is 9.40. The van der Waals surface area contributed by atoms with Gasteiger partial charge in [-0.15, -0.1) is 0 Å². The predicted molar refractivity (Wildman–Crippen MR) is 61.0 cm³/mol. The van der Waals surface area contributed by atoms with E-state index in [0.29, 0.717) is 13.0 Å². The van der Waals surface area contributed by atoms with Gasteiger partial charge in [0, 0.05) is 19.5 Å². The molecule has 1 fully saturated rings. The fraction of sp³-hybridized carbons (Fsp3) is 0.417. The highest BCUT2D eigenvalue weighted by molar-refractivity contribution is 5.77. The number of para-hydroxylation sites is 1. The molecule has 2 rings (SSSR count). The lowest BCUT2D eigenvalue weighted by atomic mass is 10.1. The topological polar surface area (TPSA) is 41.6 Å². The van der Waals surface area contributed by atoms with Crippen LogP contribution in [0.15, 0.2) is 24.3 Å². The minimum absolute atomic E-state index is 0.176. The molecule has 1 aliphatic heterocycles. The molecule has 0 radical (unpaired) electrons. The van der Waals surface area contributed by atoms with Gasteiger partial charge in [0.25, 0.3) is 0 Å². The van der Waals surface area contributed by atoms with Crippen LogP contribution in [0.1, 0.15) is 12.0 Å². The van der Waals surface area contributed by atoms with Gasteiger partial charge in [-0.05, 0) is 18.1 Å². The van der Waals surface area contributed by atoms with Crippen molar-refractivity contribution in [2.24, 2.45) is 0 Å². The average molecular weight is 220 g/mol. The van der Waals surface area contributed by atoms with Gasteiger partial charge in [0.2, 0.25) is 5.91 Å². The Balaban J connectivity index is 1.96. The molecule has 1 N–H and O–H groups in total. The summed E-state index contributed by atoms with van der Waals surface area (Å²) in [5.74, 6) is 1.06. The van der Waals surface area contributed by atoms with Crippen molar-refractivity contribution in [2.45, 2.75) is 12.8 Å². The standard InChI is InChI=1S/C12H16N2O2/c1-16-11-5-3-2-4-10(11)7-9-14-12(15)6-8-13-14/h2-5,13H,6-9H2,1H3. The molecule has 1 aliphatic rings. The Kier molecular flexibility index (Phi) is 3.41. The quantitative estimate of drug-likeness (QED) is 0.822. The highest BCUT2D eigenvalue weighted by atomic mass is 16.5. The van der Waals surface area contributed by atoms with E-state index in [1.165, 1.54) is 0 Å². The van der Waals surface area contributed by atoms with Crippen LogP contribution < -0.4 is 10.2 Å². The van der Waals surface area contributed by atoms with E-state index >= 15 is 0 Å². The third-order valence-electron chi connectivity index (χ3n) is 2.74. The second kappa shape index (κ2) is 4.99. The van der Waals surface area contributed by atoms with Gasteiger partial charge in [0.15, 0.2) is 0 Å². The summed E-state index contributed by atoms with van der Waals surface area (Å²) in [7, 11) is 1.66. The molecular formula is C12H16N2O2. The van der Waals surface area contributed by atoms with Gasteiger partial charge in [-0.25, -0.2) is 5.43 Å². The number of carbonyl (C=O) groups excluding carboxylic acids is 1. The highest BCUT2D eigenvalue weighted by Crippen LogP contribution is 2.18. The van der Waals surface area contributed by atoms with Crippen LogP contribution in [0.5, 0.6) is 5.75 Å². The summed E-state index contributed by atoms with van der Waals surface area (Å²) in [6.45, 7) is 1.45. The molecule has 0 bridgehead atoms. The van der Waals surface area contributed by atoms with Crippen molar-refractivity contribution in [2.75, 3.05) is 20.2 Å². The minimum atomic E-state index is 0.176. The molecule has 1 aromatic rings. The molecule has 1 saturated heterocycles. The molecule has 0 aliphatic carbocycles. The van der Waals surface area contributed by atoms with E-state index in [-0.39, 0.29) is 5.91 Å². The molecule has 0 saturated carbocycles. The summed E-state index contributed by atoms with van der Waals surface area (Å²) >= 11 is 0. The molecule has 1 heterocycles. The zero-order chi connectivity index (χ0) is 11.4. The van der Waals surface area contributed by atoms with Crippen LogP contribution in [-0.2, 0) is 11.2 Å². The van der Waals surface area contributed by atoms with Crippen molar-refractivity contribution in [3.8, 4) is 5.75 Å². The second-order valence-electron chi connectivity index (χ2n) is 3.77. The first-order valence-electron chi connectivity index (χ1n) is 5.47. The van der Waals surface area contributed by atoms with Crippen LogP contribution in [0.2, 0.25) is 0 Å². The van der Waals surface area contributed by atoms with Crippen LogP contribution in [-0.4, -0.2) is 31.1 Å². The van der Waals surface area contributed by atoms with Crippen LogP contribution >= 0.6 is 0 Å². The van der Waals surface area contributed by atoms with Crippen LogP contribution in [0, 0.1) is 0 Å². The third-order valence-corrected chi connectivity index (χ3v) is 2.74. The number of rotatable bonds is 4. The summed E-state index contributed by atoms with van der Waals surface area (Å²) < 4.78 is 5.26. The molecule has 16 heavy (non-hydrogen) atoms. The first kappa shape index (κ1) is 11.0. The first-order valence-corrected chi connectivity index (χ1v) is 5.47. The molecule has 1 aromatic carbocycles. The maximum Gasteiger partial charge on any atom is 0.238 e. The average Bonchev–Trinajstić information content (AvgIpc) is 2.72. The predicted octanol–water partition coefficient (Wildman–Crippen LogP) is 0.975. The number of benzene rings is 1. The molecular weight excluding hydrogens is 204 g/mol. The number of hydrazine groups is 1. The summed E-state index contributed by atoms with van der Waals surface area (Å²) in [5.41, 5.74) is 4.19. The molecule has 1 amide bonds. The Morgan fingerprint density at radius 2 is 2.25 bits per heavy atom. The Hall–Kier alpha value is -1.55. The van der Waals surface area contributed by atoms with Crippen molar-refractivity contribution >= 4 is 5.91 Å². The fourth-order valence-electron chi connectivity index (χ4n) is 1.87. The molecule has 0 aromatic heterocycles. The molecule has 0 spiro atoms. The van der Waals surface area contributed by atoms with E-state index in [0.717, 1.165) is 24.3 Å². The largest absolute Gasteiger partial charge is 0.496 e. The van der Waals surface area contributed by atoms with Gasteiger partial charge in [0.05, 0.1) is 7.11 Å². The number of methoxy groups -OCH3 is 1. The lowest BCUT2D eigenvalue weighted by Crippen LogP contribution is -2.35. The Bertz CT molecular complexity index is 379. The van der Waals surface area contributed by atoms with Gasteiger partial charge in [-0.1, -0.05) is 18.2 Å². The number of nitrogens with zero attached hydrogens (tertiary/aromatic N) is 1. The normalized spacial score (nSPS) is 15.6. The highest BCUT2D eigenvalue weighted by Gasteiger charge is 2.19. The fourth-order valence-corrected chi connectivity index (χ4v) is 1.87. The first-order chi connectivity index (χ1) is 7.81. The number of nitrogens with one attached hydrogen (secondary N) is 1. The van der Waals surface area contributed by atoms with Crippen LogP contribution in [0.25, 0.3) is 0 Å². The molecule has 0 unspecified atom stereocenters. The molecule has 4 nitrogen and oxygen atoms in total. The Labute approximate surface area is 95.2 Å². The van der Waals surface area contributed by atoms with Gasteiger partial charge in [-0.3, -0.25) is 9.80 Å². The third kappa shape index (κ3) is 2.33. The summed E-state index contributed by atoms with van der Waals surface area (Å²) in [6.07, 6.45) is 1.41. The Morgan fingerprint density at radius 3 is 2.94 bits per heavy atom. The van der Waals surface area contributed by atoms with E-state index in [1.54, 1.807) is 12.1 Å².